The molecule has 1 amide bonds. The van der Waals surface area contributed by atoms with Crippen LogP contribution in [-0.2, 0) is 11.3 Å². The number of hydrogen-bond acceptors (Lipinski definition) is 5. The van der Waals surface area contributed by atoms with Gasteiger partial charge < -0.3 is 10.1 Å². The van der Waals surface area contributed by atoms with Crippen LogP contribution in [0.15, 0.2) is 54.6 Å². The van der Waals surface area contributed by atoms with E-state index in [1.54, 1.807) is 18.2 Å². The summed E-state index contributed by atoms with van der Waals surface area (Å²) in [4.78, 5) is 22.2. The van der Waals surface area contributed by atoms with Gasteiger partial charge in [-0.2, -0.15) is 5.10 Å². The summed E-state index contributed by atoms with van der Waals surface area (Å²) < 4.78 is 5.12. The number of aromatic nitrogens is 2. The number of amides is 1. The molecule has 138 valence electrons. The number of rotatable bonds is 7. The van der Waals surface area contributed by atoms with E-state index in [1.165, 1.54) is 6.07 Å². The van der Waals surface area contributed by atoms with Gasteiger partial charge in [0.15, 0.2) is 5.52 Å². The number of nitro benzene ring substituents is 1. The van der Waals surface area contributed by atoms with E-state index in [0.717, 1.165) is 5.56 Å². The highest BCUT2D eigenvalue weighted by Crippen LogP contribution is 2.25. The van der Waals surface area contributed by atoms with Crippen LogP contribution in [-0.4, -0.2) is 27.8 Å². The summed E-state index contributed by atoms with van der Waals surface area (Å²) in [5.41, 5.74) is 1.89. The maximum Gasteiger partial charge on any atom is 0.407 e. The van der Waals surface area contributed by atoms with Crippen molar-refractivity contribution in [3.63, 3.8) is 0 Å². The number of nitro groups is 1. The fourth-order valence-electron chi connectivity index (χ4n) is 2.55. The van der Waals surface area contributed by atoms with E-state index in [1.807, 2.05) is 36.4 Å². The summed E-state index contributed by atoms with van der Waals surface area (Å²) in [6.45, 7) is 0.637. The number of carbonyl (C=O) groups excluding carboxylic acids is 1. The molecule has 27 heavy (non-hydrogen) atoms. The molecule has 0 saturated heterocycles. The van der Waals surface area contributed by atoms with Crippen molar-refractivity contribution in [1.29, 1.82) is 0 Å². The third-order valence-electron chi connectivity index (χ3n) is 3.87. The highest BCUT2D eigenvalue weighted by Gasteiger charge is 2.15. The Balaban J connectivity index is 1.47. The highest BCUT2D eigenvalue weighted by molar-refractivity contribution is 5.92. The van der Waals surface area contributed by atoms with Crippen molar-refractivity contribution in [2.24, 2.45) is 0 Å². The maximum absolute atomic E-state index is 11.6. The molecule has 1 heterocycles. The summed E-state index contributed by atoms with van der Waals surface area (Å²) in [5.74, 6) is 0. The minimum Gasteiger partial charge on any atom is -0.445 e. The van der Waals surface area contributed by atoms with E-state index in [-0.39, 0.29) is 12.3 Å². The normalized spacial score (nSPS) is 11.0. The van der Waals surface area contributed by atoms with Crippen LogP contribution in [0.3, 0.4) is 0 Å². The van der Waals surface area contributed by atoms with Crippen LogP contribution in [0.1, 0.15) is 17.7 Å². The van der Waals surface area contributed by atoms with E-state index in [4.69, 9.17) is 4.74 Å². The SMILES string of the molecule is O=C(NCCC=Cc1[nH]nc2c([N+](=O)[O-])cccc12)OCc1ccccc1. The van der Waals surface area contributed by atoms with Gasteiger partial charge in [0, 0.05) is 18.0 Å². The lowest BCUT2D eigenvalue weighted by molar-refractivity contribution is -0.383. The maximum atomic E-state index is 11.6. The standard InChI is InChI=1S/C19H18N4O4/c24-19(27-13-14-7-2-1-3-8-14)20-12-5-4-10-16-15-9-6-11-17(23(25)26)18(15)22-21-16/h1-4,6-11H,5,12-13H2,(H,20,24)(H,21,22). The van der Waals surface area contributed by atoms with Gasteiger partial charge >= 0.3 is 6.09 Å². The summed E-state index contributed by atoms with van der Waals surface area (Å²) in [6.07, 6.45) is 3.74. The molecule has 0 fully saturated rings. The van der Waals surface area contributed by atoms with Gasteiger partial charge in [-0.1, -0.05) is 48.5 Å². The average molecular weight is 366 g/mol. The molecule has 0 bridgehead atoms. The Morgan fingerprint density at radius 2 is 2.04 bits per heavy atom. The fourth-order valence-corrected chi connectivity index (χ4v) is 2.55. The predicted octanol–water partition coefficient (Wildman–Crippen LogP) is 3.80. The second-order valence-corrected chi connectivity index (χ2v) is 5.75. The first kappa shape index (κ1) is 18.1. The number of H-pyrrole nitrogens is 1. The number of alkyl carbamates (subject to hydrolysis) is 1. The van der Waals surface area contributed by atoms with E-state index < -0.39 is 11.0 Å². The Labute approximate surface area is 155 Å². The zero-order valence-corrected chi connectivity index (χ0v) is 14.4. The van der Waals surface area contributed by atoms with Crippen LogP contribution < -0.4 is 5.32 Å². The molecular weight excluding hydrogens is 348 g/mol. The Hall–Kier alpha value is -3.68. The molecule has 3 aromatic rings. The van der Waals surface area contributed by atoms with Gasteiger partial charge in [0.1, 0.15) is 6.61 Å². The molecule has 2 N–H and O–H groups in total. The third kappa shape index (κ3) is 4.69. The van der Waals surface area contributed by atoms with Gasteiger partial charge in [-0.15, -0.1) is 0 Å². The van der Waals surface area contributed by atoms with Crippen LogP contribution in [0.4, 0.5) is 10.5 Å². The van der Waals surface area contributed by atoms with E-state index in [0.29, 0.717) is 29.6 Å². The van der Waals surface area contributed by atoms with Crippen molar-refractivity contribution in [1.82, 2.24) is 15.5 Å². The van der Waals surface area contributed by atoms with Gasteiger partial charge in [0.05, 0.1) is 10.6 Å². The smallest absolute Gasteiger partial charge is 0.407 e. The fraction of sp³-hybridized carbons (Fsp3) is 0.158. The number of para-hydroxylation sites is 1. The van der Waals surface area contributed by atoms with Crippen LogP contribution in [0, 0.1) is 10.1 Å². The molecule has 0 saturated carbocycles. The summed E-state index contributed by atoms with van der Waals surface area (Å²) in [5, 5.41) is 21.2. The Kier molecular flexibility index (Phi) is 5.78. The largest absolute Gasteiger partial charge is 0.445 e. The summed E-state index contributed by atoms with van der Waals surface area (Å²) in [6, 6.07) is 14.2. The Morgan fingerprint density at radius 3 is 2.81 bits per heavy atom. The molecule has 0 aliphatic carbocycles. The first-order valence-corrected chi connectivity index (χ1v) is 8.37. The molecular formula is C19H18N4O4. The minimum atomic E-state index is -0.477. The molecule has 0 radical (unpaired) electrons. The van der Waals surface area contributed by atoms with Crippen molar-refractivity contribution in [3.8, 4) is 0 Å². The number of carbonyl (C=O) groups is 1. The second-order valence-electron chi connectivity index (χ2n) is 5.75. The van der Waals surface area contributed by atoms with Crippen molar-refractivity contribution < 1.29 is 14.5 Å². The Bertz CT molecular complexity index is 966. The molecule has 0 spiro atoms. The topological polar surface area (TPSA) is 110 Å². The first-order valence-electron chi connectivity index (χ1n) is 8.37. The van der Waals surface area contributed by atoms with Crippen molar-refractivity contribution >= 4 is 28.8 Å². The quantitative estimate of drug-likeness (QED) is 0.375. The zero-order chi connectivity index (χ0) is 19.1. The van der Waals surface area contributed by atoms with E-state index >= 15 is 0 Å². The van der Waals surface area contributed by atoms with Gasteiger partial charge in [0.2, 0.25) is 0 Å². The Morgan fingerprint density at radius 1 is 1.22 bits per heavy atom. The number of benzene rings is 2. The lowest BCUT2D eigenvalue weighted by atomic mass is 10.1. The molecule has 0 unspecified atom stereocenters. The van der Waals surface area contributed by atoms with Crippen LogP contribution in [0.25, 0.3) is 17.0 Å². The molecule has 8 heteroatoms. The van der Waals surface area contributed by atoms with E-state index in [2.05, 4.69) is 15.5 Å². The van der Waals surface area contributed by atoms with Crippen molar-refractivity contribution in [3.05, 3.63) is 76.0 Å². The van der Waals surface area contributed by atoms with E-state index in [9.17, 15) is 14.9 Å². The van der Waals surface area contributed by atoms with Gasteiger partial charge in [-0.3, -0.25) is 15.2 Å². The molecule has 0 aliphatic heterocycles. The second kappa shape index (κ2) is 8.61. The average Bonchev–Trinajstić information content (AvgIpc) is 3.10. The molecule has 3 rings (SSSR count). The number of non-ortho nitro benzene ring substituents is 1. The lowest BCUT2D eigenvalue weighted by Crippen LogP contribution is -2.24. The molecule has 2 aromatic carbocycles. The van der Waals surface area contributed by atoms with Gasteiger partial charge in [-0.05, 0) is 18.1 Å². The van der Waals surface area contributed by atoms with Gasteiger partial charge in [0.25, 0.3) is 5.69 Å². The monoisotopic (exact) mass is 366 g/mol. The number of ether oxygens (including phenoxy) is 1. The van der Waals surface area contributed by atoms with Crippen molar-refractivity contribution in [2.75, 3.05) is 6.54 Å². The molecule has 1 aromatic heterocycles. The number of aromatic amines is 1. The predicted molar refractivity (Wildman–Crippen MR) is 101 cm³/mol. The molecule has 0 atom stereocenters. The number of nitrogens with zero attached hydrogens (tertiary/aromatic N) is 2. The van der Waals surface area contributed by atoms with Crippen LogP contribution in [0.5, 0.6) is 0 Å². The number of nitrogens with one attached hydrogen (secondary N) is 2. The highest BCUT2D eigenvalue weighted by atomic mass is 16.6. The minimum absolute atomic E-state index is 0.0359. The van der Waals surface area contributed by atoms with Gasteiger partial charge in [-0.25, -0.2) is 4.79 Å². The first-order chi connectivity index (χ1) is 13.1. The third-order valence-corrected chi connectivity index (χ3v) is 3.87. The molecule has 8 nitrogen and oxygen atoms in total. The number of fused-ring (bicyclic) bond motifs is 1. The van der Waals surface area contributed by atoms with Crippen molar-refractivity contribution in [2.45, 2.75) is 13.0 Å². The lowest BCUT2D eigenvalue weighted by Gasteiger charge is -2.05. The summed E-state index contributed by atoms with van der Waals surface area (Å²) in [7, 11) is 0. The number of hydrogen-bond donors (Lipinski definition) is 2. The van der Waals surface area contributed by atoms with Crippen LogP contribution in [0.2, 0.25) is 0 Å². The van der Waals surface area contributed by atoms with Crippen LogP contribution >= 0.6 is 0 Å². The molecule has 0 aliphatic rings. The zero-order valence-electron chi connectivity index (χ0n) is 14.4. The summed E-state index contributed by atoms with van der Waals surface area (Å²) >= 11 is 0.